The molecular formula is C25H27NO6S. The van der Waals surface area contributed by atoms with Gasteiger partial charge in [-0.25, -0.2) is 8.42 Å². The van der Waals surface area contributed by atoms with Crippen LogP contribution in [-0.4, -0.2) is 49.4 Å². The van der Waals surface area contributed by atoms with Gasteiger partial charge in [-0.05, 0) is 61.4 Å². The summed E-state index contributed by atoms with van der Waals surface area (Å²) in [7, 11) is -3.26. The van der Waals surface area contributed by atoms with Crippen molar-refractivity contribution >= 4 is 21.7 Å². The summed E-state index contributed by atoms with van der Waals surface area (Å²) in [6, 6.07) is 13.8. The van der Waals surface area contributed by atoms with Crippen LogP contribution in [0.2, 0.25) is 0 Å². The summed E-state index contributed by atoms with van der Waals surface area (Å²) in [6.07, 6.45) is 3.18. The molecule has 0 aromatic heterocycles. The van der Waals surface area contributed by atoms with Crippen LogP contribution in [0.25, 0.3) is 0 Å². The molecule has 5 rings (SSSR count). The third-order valence-corrected chi connectivity index (χ3v) is 9.18. The number of amides is 1. The van der Waals surface area contributed by atoms with Gasteiger partial charge in [0.1, 0.15) is 0 Å². The van der Waals surface area contributed by atoms with E-state index in [-0.39, 0.29) is 17.6 Å². The van der Waals surface area contributed by atoms with Gasteiger partial charge in [0.2, 0.25) is 0 Å². The number of ether oxygens (including phenoxy) is 1. The largest absolute Gasteiger partial charge is 0.481 e. The lowest BCUT2D eigenvalue weighted by atomic mass is 9.88. The van der Waals surface area contributed by atoms with Gasteiger partial charge in [0, 0.05) is 24.1 Å². The highest BCUT2D eigenvalue weighted by molar-refractivity contribution is 7.91. The third-order valence-electron chi connectivity index (χ3n) is 7.37. The van der Waals surface area contributed by atoms with E-state index in [1.165, 1.54) is 0 Å². The van der Waals surface area contributed by atoms with E-state index in [0.717, 1.165) is 24.0 Å². The highest BCUT2D eigenvalue weighted by atomic mass is 32.2. The van der Waals surface area contributed by atoms with Crippen molar-refractivity contribution in [3.63, 3.8) is 0 Å². The van der Waals surface area contributed by atoms with E-state index >= 15 is 0 Å². The molecule has 33 heavy (non-hydrogen) atoms. The Hall–Kier alpha value is -2.71. The van der Waals surface area contributed by atoms with Crippen molar-refractivity contribution in [2.24, 2.45) is 5.92 Å². The van der Waals surface area contributed by atoms with E-state index in [4.69, 9.17) is 4.74 Å². The number of carbonyl (C=O) groups is 2. The molecule has 2 fully saturated rings. The second-order valence-electron chi connectivity index (χ2n) is 9.39. The molecule has 7 nitrogen and oxygen atoms in total. The van der Waals surface area contributed by atoms with Crippen LogP contribution >= 0.6 is 0 Å². The Balaban J connectivity index is 1.33. The molecule has 4 atom stereocenters. The van der Waals surface area contributed by atoms with E-state index in [1.54, 1.807) is 24.3 Å². The van der Waals surface area contributed by atoms with Gasteiger partial charge >= 0.3 is 5.97 Å². The number of aliphatic carboxylic acids is 1. The number of benzene rings is 2. The van der Waals surface area contributed by atoms with Crippen LogP contribution in [-0.2, 0) is 19.4 Å². The van der Waals surface area contributed by atoms with E-state index < -0.39 is 33.4 Å². The minimum atomic E-state index is -3.26. The second-order valence-corrected chi connectivity index (χ2v) is 11.5. The van der Waals surface area contributed by atoms with Crippen molar-refractivity contribution in [3.8, 4) is 0 Å². The average molecular weight is 470 g/mol. The zero-order valence-electron chi connectivity index (χ0n) is 18.2. The molecule has 8 heteroatoms. The van der Waals surface area contributed by atoms with Gasteiger partial charge in [0.15, 0.2) is 9.84 Å². The number of carboxylic acid groups (broad SMARTS) is 1. The first kappa shape index (κ1) is 22.1. The van der Waals surface area contributed by atoms with E-state index in [0.29, 0.717) is 36.3 Å². The molecule has 1 aliphatic carbocycles. The Morgan fingerprint density at radius 3 is 2.52 bits per heavy atom. The molecule has 2 N–H and O–H groups in total. The fraction of sp³-hybridized carbons (Fsp3) is 0.440. The molecule has 1 unspecified atom stereocenters. The molecule has 1 saturated carbocycles. The lowest BCUT2D eigenvalue weighted by Crippen LogP contribution is -2.40. The van der Waals surface area contributed by atoms with Crippen molar-refractivity contribution in [3.05, 3.63) is 65.2 Å². The van der Waals surface area contributed by atoms with Gasteiger partial charge in [-0.1, -0.05) is 30.3 Å². The number of rotatable bonds is 4. The smallest absolute Gasteiger partial charge is 0.308 e. The minimum absolute atomic E-state index is 0.0487. The van der Waals surface area contributed by atoms with Gasteiger partial charge in [-0.15, -0.1) is 0 Å². The molecule has 1 amide bonds. The molecule has 0 bridgehead atoms. The normalized spacial score (nSPS) is 30.1. The van der Waals surface area contributed by atoms with Crippen molar-refractivity contribution in [2.75, 3.05) is 12.4 Å². The maximum atomic E-state index is 12.9. The van der Waals surface area contributed by atoms with E-state index in [2.05, 4.69) is 5.32 Å². The zero-order valence-corrected chi connectivity index (χ0v) is 19.0. The van der Waals surface area contributed by atoms with Gasteiger partial charge in [-0.3, -0.25) is 9.59 Å². The van der Waals surface area contributed by atoms with E-state index in [1.807, 2.05) is 24.3 Å². The highest BCUT2D eigenvalue weighted by Gasteiger charge is 2.51. The lowest BCUT2D eigenvalue weighted by Gasteiger charge is -2.26. The molecule has 2 heterocycles. The average Bonchev–Trinajstić information content (AvgIpc) is 3.41. The van der Waals surface area contributed by atoms with Crippen molar-refractivity contribution < 1.29 is 27.9 Å². The SMILES string of the molecule is O=C(N[C@@H]1C[C@@]2(CCCO2)C[C@@H]1C(=O)O)c1ccc(C2CCS(=O)(=O)c3ccccc32)cc1. The molecule has 2 aromatic rings. The van der Waals surface area contributed by atoms with Crippen molar-refractivity contribution in [1.29, 1.82) is 0 Å². The maximum Gasteiger partial charge on any atom is 0.308 e. The summed E-state index contributed by atoms with van der Waals surface area (Å²) in [4.78, 5) is 25.1. The minimum Gasteiger partial charge on any atom is -0.481 e. The predicted molar refractivity (Wildman–Crippen MR) is 121 cm³/mol. The highest BCUT2D eigenvalue weighted by Crippen LogP contribution is 2.44. The van der Waals surface area contributed by atoms with Gasteiger partial charge < -0.3 is 15.2 Å². The topological polar surface area (TPSA) is 110 Å². The van der Waals surface area contributed by atoms with Gasteiger partial charge in [0.25, 0.3) is 5.91 Å². The number of fused-ring (bicyclic) bond motifs is 1. The number of hydrogen-bond donors (Lipinski definition) is 2. The van der Waals surface area contributed by atoms with Crippen LogP contribution in [0.15, 0.2) is 53.4 Å². The predicted octanol–water partition coefficient (Wildman–Crippen LogP) is 3.14. The van der Waals surface area contributed by atoms with Crippen LogP contribution in [0.3, 0.4) is 0 Å². The molecule has 1 saturated heterocycles. The molecule has 2 aliphatic heterocycles. The Bertz CT molecular complexity index is 1180. The fourth-order valence-electron chi connectivity index (χ4n) is 5.71. The third kappa shape index (κ3) is 4.06. The molecule has 2 aromatic carbocycles. The summed E-state index contributed by atoms with van der Waals surface area (Å²) in [6.45, 7) is 0.639. The summed E-state index contributed by atoms with van der Waals surface area (Å²) in [5, 5.41) is 12.6. The Morgan fingerprint density at radius 1 is 1.06 bits per heavy atom. The zero-order chi connectivity index (χ0) is 23.2. The quantitative estimate of drug-likeness (QED) is 0.712. The van der Waals surface area contributed by atoms with Crippen LogP contribution in [0, 0.1) is 5.92 Å². The monoisotopic (exact) mass is 469 g/mol. The lowest BCUT2D eigenvalue weighted by molar-refractivity contribution is -0.142. The first-order chi connectivity index (χ1) is 15.8. The summed E-state index contributed by atoms with van der Waals surface area (Å²) < 4.78 is 30.7. The van der Waals surface area contributed by atoms with Crippen LogP contribution in [0.1, 0.15) is 59.5 Å². The molecule has 174 valence electrons. The van der Waals surface area contributed by atoms with Crippen LogP contribution in [0.4, 0.5) is 0 Å². The summed E-state index contributed by atoms with van der Waals surface area (Å²) >= 11 is 0. The Labute approximate surface area is 193 Å². The number of sulfone groups is 1. The first-order valence-corrected chi connectivity index (χ1v) is 13.0. The molecule has 1 spiro atoms. The first-order valence-electron chi connectivity index (χ1n) is 11.4. The molecular weight excluding hydrogens is 442 g/mol. The fourth-order valence-corrected chi connectivity index (χ4v) is 7.33. The van der Waals surface area contributed by atoms with Crippen LogP contribution < -0.4 is 5.32 Å². The van der Waals surface area contributed by atoms with Gasteiger partial charge in [-0.2, -0.15) is 0 Å². The molecule has 3 aliphatic rings. The second kappa shape index (κ2) is 8.25. The maximum absolute atomic E-state index is 12.9. The summed E-state index contributed by atoms with van der Waals surface area (Å²) in [5.41, 5.74) is 1.77. The standard InChI is InChI=1S/C25H27NO6S/c27-23(26-21-15-25(11-3-12-32-25)14-20(21)24(28)29)17-8-6-16(7-9-17)18-10-13-33(30,31)22-5-2-1-4-19(18)22/h1-2,4-9,18,20-21H,3,10-15H2,(H,26,27)(H,28,29)/t18?,20-,21+,25+/m0/s1. The van der Waals surface area contributed by atoms with E-state index in [9.17, 15) is 23.1 Å². The Morgan fingerprint density at radius 2 is 1.82 bits per heavy atom. The van der Waals surface area contributed by atoms with Gasteiger partial charge in [0.05, 0.1) is 22.2 Å². The van der Waals surface area contributed by atoms with Crippen molar-refractivity contribution in [1.82, 2.24) is 5.32 Å². The van der Waals surface area contributed by atoms with Crippen molar-refractivity contribution in [2.45, 2.75) is 54.6 Å². The number of carbonyl (C=O) groups excluding carboxylic acids is 1. The molecule has 0 radical (unpaired) electrons. The number of hydrogen-bond acceptors (Lipinski definition) is 5. The Kier molecular flexibility index (Phi) is 5.53. The van der Waals surface area contributed by atoms with Crippen LogP contribution in [0.5, 0.6) is 0 Å². The number of nitrogens with one attached hydrogen (secondary N) is 1. The number of carboxylic acids is 1. The summed E-state index contributed by atoms with van der Waals surface area (Å²) in [5.74, 6) is -1.83.